The number of anilines is 3. The van der Waals surface area contributed by atoms with E-state index in [0.29, 0.717) is 22.6 Å². The van der Waals surface area contributed by atoms with Crippen LogP contribution in [0.3, 0.4) is 0 Å². The largest absolute Gasteiger partial charge is 0.324 e. The number of benzene rings is 4. The first-order chi connectivity index (χ1) is 18.9. The lowest BCUT2D eigenvalue weighted by Crippen LogP contribution is -2.38. The molecule has 0 unspecified atom stereocenters. The summed E-state index contributed by atoms with van der Waals surface area (Å²) in [5.41, 5.74) is 3.80. The minimum atomic E-state index is -4.01. The second-order valence-corrected chi connectivity index (χ2v) is 12.4. The number of carbonyl (C=O) groups is 2. The number of hydrogen-bond donors (Lipinski definition) is 2. The Labute approximate surface area is 235 Å². The molecule has 0 atom stereocenters. The average molecular weight is 556 g/mol. The maximum atomic E-state index is 13.5. The quantitative estimate of drug-likeness (QED) is 0.264. The van der Waals surface area contributed by atoms with Crippen molar-refractivity contribution in [2.24, 2.45) is 0 Å². The predicted molar refractivity (Wildman–Crippen MR) is 160 cm³/mol. The number of hydrogen-bond acceptors (Lipinski definition) is 4. The molecule has 4 rings (SSSR count). The molecule has 4 aromatic carbocycles. The number of rotatable bonds is 8. The summed E-state index contributed by atoms with van der Waals surface area (Å²) >= 11 is 0. The van der Waals surface area contributed by atoms with Crippen LogP contribution in [0, 0.1) is 6.92 Å². The third-order valence-electron chi connectivity index (χ3n) is 6.33. The van der Waals surface area contributed by atoms with E-state index in [4.69, 9.17) is 0 Å². The van der Waals surface area contributed by atoms with E-state index in [0.717, 1.165) is 15.4 Å². The van der Waals surface area contributed by atoms with Crippen molar-refractivity contribution in [3.63, 3.8) is 0 Å². The summed E-state index contributed by atoms with van der Waals surface area (Å²) in [7, 11) is -4.01. The maximum Gasteiger partial charge on any atom is 0.264 e. The number of nitrogens with one attached hydrogen (secondary N) is 2. The highest BCUT2D eigenvalue weighted by Crippen LogP contribution is 2.25. The van der Waals surface area contributed by atoms with Crippen LogP contribution in [0.15, 0.2) is 108 Å². The molecule has 0 aliphatic heterocycles. The molecule has 0 aromatic heterocycles. The maximum absolute atomic E-state index is 13.5. The number of amides is 2. The standard InChI is InChI=1S/C32H33N3O4S/c1-23-10-8-13-28(20-23)35(40(38,39)29-14-6-5-7-15-29)22-30(36)33-26-11-9-12-27(21-26)34-31(37)24-16-18-25(19-17-24)32(2,3)4/h5-21H,22H2,1-4H3,(H,33,36)(H,34,37). The van der Waals surface area contributed by atoms with Crippen LogP contribution >= 0.6 is 0 Å². The summed E-state index contributed by atoms with van der Waals surface area (Å²) in [6.45, 7) is 7.75. The molecule has 0 aliphatic carbocycles. The smallest absolute Gasteiger partial charge is 0.264 e. The van der Waals surface area contributed by atoms with Crippen LogP contribution < -0.4 is 14.9 Å². The molecule has 0 saturated heterocycles. The highest BCUT2D eigenvalue weighted by Gasteiger charge is 2.27. The van der Waals surface area contributed by atoms with E-state index in [1.54, 1.807) is 72.8 Å². The molecule has 40 heavy (non-hydrogen) atoms. The third-order valence-corrected chi connectivity index (χ3v) is 8.11. The molecule has 8 heteroatoms. The topological polar surface area (TPSA) is 95.6 Å². The molecule has 0 spiro atoms. The van der Waals surface area contributed by atoms with Crippen molar-refractivity contribution in [3.8, 4) is 0 Å². The van der Waals surface area contributed by atoms with E-state index >= 15 is 0 Å². The molecule has 2 N–H and O–H groups in total. The van der Waals surface area contributed by atoms with Crippen LogP contribution in [0.4, 0.5) is 17.1 Å². The van der Waals surface area contributed by atoms with Crippen LogP contribution in [-0.2, 0) is 20.2 Å². The zero-order valence-corrected chi connectivity index (χ0v) is 23.8. The molecule has 2 amide bonds. The lowest BCUT2D eigenvalue weighted by Gasteiger charge is -2.24. The number of sulfonamides is 1. The Kier molecular flexibility index (Phi) is 8.40. The van der Waals surface area contributed by atoms with E-state index in [1.165, 1.54) is 12.1 Å². The zero-order valence-electron chi connectivity index (χ0n) is 23.0. The van der Waals surface area contributed by atoms with Crippen molar-refractivity contribution in [2.75, 3.05) is 21.5 Å². The molecular formula is C32H33N3O4S. The fourth-order valence-corrected chi connectivity index (χ4v) is 5.58. The Hall–Kier alpha value is -4.43. The van der Waals surface area contributed by atoms with Gasteiger partial charge in [-0.2, -0.15) is 0 Å². The molecule has 0 heterocycles. The molecule has 7 nitrogen and oxygen atoms in total. The van der Waals surface area contributed by atoms with Gasteiger partial charge in [0.2, 0.25) is 5.91 Å². The van der Waals surface area contributed by atoms with E-state index in [1.807, 2.05) is 25.1 Å². The van der Waals surface area contributed by atoms with Gasteiger partial charge in [-0.1, -0.05) is 69.3 Å². The van der Waals surface area contributed by atoms with Crippen molar-refractivity contribution in [3.05, 3.63) is 120 Å². The minimum absolute atomic E-state index is 0.0170. The Morgan fingerprint density at radius 2 is 1.38 bits per heavy atom. The fourth-order valence-electron chi connectivity index (χ4n) is 4.15. The van der Waals surface area contributed by atoms with Gasteiger partial charge in [-0.15, -0.1) is 0 Å². The van der Waals surface area contributed by atoms with E-state index in [2.05, 4.69) is 31.4 Å². The molecule has 0 saturated carbocycles. The molecule has 0 aliphatic rings. The van der Waals surface area contributed by atoms with E-state index in [-0.39, 0.29) is 16.2 Å². The first-order valence-corrected chi connectivity index (χ1v) is 14.3. The highest BCUT2D eigenvalue weighted by atomic mass is 32.2. The van der Waals surface area contributed by atoms with Crippen LogP contribution in [0.1, 0.15) is 42.3 Å². The summed E-state index contributed by atoms with van der Waals surface area (Å²) in [4.78, 5) is 26.0. The number of carbonyl (C=O) groups excluding carboxylic acids is 2. The summed E-state index contributed by atoms with van der Waals surface area (Å²) in [6.07, 6.45) is 0. The van der Waals surface area contributed by atoms with Gasteiger partial charge in [0.05, 0.1) is 10.6 Å². The van der Waals surface area contributed by atoms with Crippen LogP contribution in [-0.4, -0.2) is 26.8 Å². The zero-order chi connectivity index (χ0) is 28.9. The van der Waals surface area contributed by atoms with Crippen LogP contribution in [0.2, 0.25) is 0 Å². The van der Waals surface area contributed by atoms with Gasteiger partial charge in [0.1, 0.15) is 6.54 Å². The van der Waals surface area contributed by atoms with Gasteiger partial charge in [-0.3, -0.25) is 13.9 Å². The Bertz CT molecular complexity index is 1610. The van der Waals surface area contributed by atoms with Gasteiger partial charge in [0.25, 0.3) is 15.9 Å². The molecule has 206 valence electrons. The first kappa shape index (κ1) is 28.6. The van der Waals surface area contributed by atoms with Crippen molar-refractivity contribution in [2.45, 2.75) is 38.0 Å². The van der Waals surface area contributed by atoms with Crippen LogP contribution in [0.5, 0.6) is 0 Å². The van der Waals surface area contributed by atoms with Gasteiger partial charge in [0, 0.05) is 16.9 Å². The number of aryl methyl sites for hydroxylation is 1. The monoisotopic (exact) mass is 555 g/mol. The predicted octanol–water partition coefficient (Wildman–Crippen LogP) is 6.38. The van der Waals surface area contributed by atoms with Gasteiger partial charge >= 0.3 is 0 Å². The highest BCUT2D eigenvalue weighted by molar-refractivity contribution is 7.92. The first-order valence-electron chi connectivity index (χ1n) is 12.9. The average Bonchev–Trinajstić information content (AvgIpc) is 2.92. The normalized spacial score (nSPS) is 11.5. The minimum Gasteiger partial charge on any atom is -0.324 e. The summed E-state index contributed by atoms with van der Waals surface area (Å²) in [6, 6.07) is 29.2. The lowest BCUT2D eigenvalue weighted by atomic mass is 9.87. The Balaban J connectivity index is 1.50. The third kappa shape index (κ3) is 6.95. The van der Waals surface area contributed by atoms with Gasteiger partial charge in [0.15, 0.2) is 0 Å². The second-order valence-electron chi connectivity index (χ2n) is 10.6. The summed E-state index contributed by atoms with van der Waals surface area (Å²) in [5.74, 6) is -0.800. The van der Waals surface area contributed by atoms with Gasteiger partial charge < -0.3 is 10.6 Å². The van der Waals surface area contributed by atoms with Crippen molar-refractivity contribution < 1.29 is 18.0 Å². The van der Waals surface area contributed by atoms with Gasteiger partial charge in [-0.05, 0) is 78.1 Å². The van der Waals surface area contributed by atoms with Crippen LogP contribution in [0.25, 0.3) is 0 Å². The fraction of sp³-hybridized carbons (Fsp3) is 0.188. The second kappa shape index (κ2) is 11.8. The summed E-state index contributed by atoms with van der Waals surface area (Å²) in [5, 5.41) is 5.61. The number of nitrogens with zero attached hydrogens (tertiary/aromatic N) is 1. The Morgan fingerprint density at radius 1 is 0.750 bits per heavy atom. The SMILES string of the molecule is Cc1cccc(N(CC(=O)Nc2cccc(NC(=O)c3ccc(C(C)(C)C)cc3)c2)S(=O)(=O)c2ccccc2)c1. The van der Waals surface area contributed by atoms with E-state index in [9.17, 15) is 18.0 Å². The van der Waals surface area contributed by atoms with Crippen molar-refractivity contribution >= 4 is 38.9 Å². The van der Waals surface area contributed by atoms with Crippen molar-refractivity contribution in [1.29, 1.82) is 0 Å². The van der Waals surface area contributed by atoms with Gasteiger partial charge in [-0.25, -0.2) is 8.42 Å². The molecule has 0 fully saturated rings. The Morgan fingerprint density at radius 3 is 2.00 bits per heavy atom. The molecule has 4 aromatic rings. The lowest BCUT2D eigenvalue weighted by molar-refractivity contribution is -0.114. The summed E-state index contributed by atoms with van der Waals surface area (Å²) < 4.78 is 28.1. The molecule has 0 bridgehead atoms. The van der Waals surface area contributed by atoms with E-state index < -0.39 is 22.5 Å². The molecular weight excluding hydrogens is 522 g/mol. The van der Waals surface area contributed by atoms with Crippen molar-refractivity contribution in [1.82, 2.24) is 0 Å². The molecule has 0 radical (unpaired) electrons.